The van der Waals surface area contributed by atoms with E-state index in [1.165, 1.54) is 0 Å². The third-order valence-corrected chi connectivity index (χ3v) is 2.06. The maximum absolute atomic E-state index is 5.50. The molecular weight excluding hydrogens is 152 g/mol. The summed E-state index contributed by atoms with van der Waals surface area (Å²) in [5.41, 5.74) is 6.43. The molecule has 68 valence electrons. The van der Waals surface area contributed by atoms with Gasteiger partial charge in [-0.2, -0.15) is 0 Å². The quantitative estimate of drug-likeness (QED) is 0.746. The van der Waals surface area contributed by atoms with Crippen molar-refractivity contribution in [2.75, 3.05) is 6.54 Å². The van der Waals surface area contributed by atoms with E-state index < -0.39 is 0 Å². The van der Waals surface area contributed by atoms with Gasteiger partial charge in [-0.15, -0.1) is 0 Å². The molecule has 0 unspecified atom stereocenters. The molecule has 0 fully saturated rings. The summed E-state index contributed by atoms with van der Waals surface area (Å²) in [7, 11) is 0. The van der Waals surface area contributed by atoms with Crippen LogP contribution in [0.25, 0.3) is 0 Å². The van der Waals surface area contributed by atoms with Gasteiger partial charge in [-0.1, -0.05) is 19.0 Å². The first-order valence-corrected chi connectivity index (χ1v) is 4.20. The van der Waals surface area contributed by atoms with Crippen molar-refractivity contribution >= 4 is 0 Å². The minimum absolute atomic E-state index is 0.00993. The van der Waals surface area contributed by atoms with Crippen molar-refractivity contribution in [2.24, 2.45) is 5.73 Å². The number of hydrogen-bond donors (Lipinski definition) is 1. The van der Waals surface area contributed by atoms with Gasteiger partial charge in [0.1, 0.15) is 5.76 Å². The Morgan fingerprint density at radius 3 is 2.67 bits per heavy atom. The molecule has 1 heterocycles. The fraction of sp³-hybridized carbons (Fsp3) is 0.667. The van der Waals surface area contributed by atoms with Crippen molar-refractivity contribution in [1.82, 2.24) is 5.16 Å². The summed E-state index contributed by atoms with van der Waals surface area (Å²) in [6, 6.07) is 1.97. The largest absolute Gasteiger partial charge is 0.361 e. The van der Waals surface area contributed by atoms with Crippen molar-refractivity contribution < 1.29 is 4.52 Å². The second-order valence-electron chi connectivity index (χ2n) is 3.76. The van der Waals surface area contributed by atoms with E-state index in [1.54, 1.807) is 0 Å². The summed E-state index contributed by atoms with van der Waals surface area (Å²) < 4.78 is 5.18. The summed E-state index contributed by atoms with van der Waals surface area (Å²) in [5.74, 6) is 0.922. The fourth-order valence-electron chi connectivity index (χ4n) is 1.17. The lowest BCUT2D eigenvalue weighted by atomic mass is 9.86. The van der Waals surface area contributed by atoms with Crippen molar-refractivity contribution in [3.05, 3.63) is 17.5 Å². The monoisotopic (exact) mass is 168 g/mol. The zero-order valence-corrected chi connectivity index (χ0v) is 7.92. The molecule has 1 aromatic rings. The fourth-order valence-corrected chi connectivity index (χ4v) is 1.17. The lowest BCUT2D eigenvalue weighted by Gasteiger charge is -2.19. The van der Waals surface area contributed by atoms with E-state index in [0.29, 0.717) is 6.54 Å². The third-order valence-electron chi connectivity index (χ3n) is 2.06. The topological polar surface area (TPSA) is 52.0 Å². The number of hydrogen-bond acceptors (Lipinski definition) is 3. The Balaban J connectivity index is 2.81. The molecule has 1 rings (SSSR count). The molecule has 0 spiro atoms. The summed E-state index contributed by atoms with van der Waals surface area (Å²) in [6.45, 7) is 6.82. The second-order valence-corrected chi connectivity index (χ2v) is 3.76. The van der Waals surface area contributed by atoms with Gasteiger partial charge in [-0.25, -0.2) is 0 Å². The van der Waals surface area contributed by atoms with Crippen molar-refractivity contribution in [1.29, 1.82) is 0 Å². The maximum atomic E-state index is 5.50. The molecule has 0 bridgehead atoms. The molecule has 3 heteroatoms. The lowest BCUT2D eigenvalue weighted by molar-refractivity contribution is 0.305. The minimum atomic E-state index is 0.00993. The van der Waals surface area contributed by atoms with E-state index in [0.717, 1.165) is 17.9 Å². The number of nitrogens with zero attached hydrogens (tertiary/aromatic N) is 1. The van der Waals surface area contributed by atoms with Crippen LogP contribution in [0, 0.1) is 6.92 Å². The molecule has 0 radical (unpaired) electrons. The average Bonchev–Trinajstić information content (AvgIpc) is 2.36. The lowest BCUT2D eigenvalue weighted by Crippen LogP contribution is -2.20. The van der Waals surface area contributed by atoms with E-state index >= 15 is 0 Å². The summed E-state index contributed by atoms with van der Waals surface area (Å²) in [6.07, 6.45) is 0.918. The Hall–Kier alpha value is -0.830. The van der Waals surface area contributed by atoms with E-state index in [4.69, 9.17) is 10.3 Å². The molecule has 1 aromatic heterocycles. The van der Waals surface area contributed by atoms with Crippen LogP contribution in [0.2, 0.25) is 0 Å². The van der Waals surface area contributed by atoms with E-state index in [9.17, 15) is 0 Å². The molecule has 0 atom stereocenters. The highest BCUT2D eigenvalue weighted by atomic mass is 16.5. The number of aryl methyl sites for hydroxylation is 1. The molecule has 0 aliphatic rings. The smallest absolute Gasteiger partial charge is 0.142 e. The highest BCUT2D eigenvalue weighted by Gasteiger charge is 2.23. The third kappa shape index (κ3) is 1.85. The SMILES string of the molecule is Cc1cc(C(C)(C)CCN)on1. The number of rotatable bonds is 3. The standard InChI is InChI=1S/C9H16N2O/c1-7-6-8(12-11-7)9(2,3)4-5-10/h6H,4-5,10H2,1-3H3. The first-order valence-electron chi connectivity index (χ1n) is 4.20. The highest BCUT2D eigenvalue weighted by Crippen LogP contribution is 2.26. The Morgan fingerprint density at radius 1 is 1.58 bits per heavy atom. The number of nitrogens with two attached hydrogens (primary N) is 1. The molecule has 0 saturated heterocycles. The number of aromatic nitrogens is 1. The molecule has 0 aliphatic carbocycles. The summed E-state index contributed by atoms with van der Waals surface area (Å²) >= 11 is 0. The average molecular weight is 168 g/mol. The predicted molar refractivity (Wildman–Crippen MR) is 47.9 cm³/mol. The van der Waals surface area contributed by atoms with Gasteiger partial charge in [-0.3, -0.25) is 0 Å². The molecule has 12 heavy (non-hydrogen) atoms. The highest BCUT2D eigenvalue weighted by molar-refractivity contribution is 5.12. The molecule has 3 nitrogen and oxygen atoms in total. The molecule has 0 saturated carbocycles. The van der Waals surface area contributed by atoms with Crippen molar-refractivity contribution in [3.63, 3.8) is 0 Å². The predicted octanol–water partition coefficient (Wildman–Crippen LogP) is 1.61. The molecule has 0 aliphatic heterocycles. The van der Waals surface area contributed by atoms with Gasteiger partial charge in [0.25, 0.3) is 0 Å². The molecule has 0 aromatic carbocycles. The normalized spacial score (nSPS) is 12.0. The Kier molecular flexibility index (Phi) is 2.52. The van der Waals surface area contributed by atoms with Crippen LogP contribution >= 0.6 is 0 Å². The minimum Gasteiger partial charge on any atom is -0.361 e. The van der Waals surface area contributed by atoms with Crippen LogP contribution in [0.5, 0.6) is 0 Å². The van der Waals surface area contributed by atoms with Gasteiger partial charge in [0.2, 0.25) is 0 Å². The van der Waals surface area contributed by atoms with E-state index in [-0.39, 0.29) is 5.41 Å². The van der Waals surface area contributed by atoms with Gasteiger partial charge in [-0.05, 0) is 19.9 Å². The molecule has 0 amide bonds. The van der Waals surface area contributed by atoms with Gasteiger partial charge in [0.05, 0.1) is 5.69 Å². The van der Waals surface area contributed by atoms with Crippen molar-refractivity contribution in [3.8, 4) is 0 Å². The van der Waals surface area contributed by atoms with Gasteiger partial charge in [0, 0.05) is 11.5 Å². The van der Waals surface area contributed by atoms with Crippen LogP contribution in [-0.4, -0.2) is 11.7 Å². The Bertz CT molecular complexity index is 253. The van der Waals surface area contributed by atoms with Crippen molar-refractivity contribution in [2.45, 2.75) is 32.6 Å². The first-order chi connectivity index (χ1) is 5.56. The van der Waals surface area contributed by atoms with Gasteiger partial charge >= 0.3 is 0 Å². The Morgan fingerprint density at radius 2 is 2.25 bits per heavy atom. The van der Waals surface area contributed by atoms with Crippen LogP contribution < -0.4 is 5.73 Å². The van der Waals surface area contributed by atoms with Crippen LogP contribution in [0.1, 0.15) is 31.7 Å². The Labute approximate surface area is 72.9 Å². The summed E-state index contributed by atoms with van der Waals surface area (Å²) in [4.78, 5) is 0. The first kappa shape index (κ1) is 9.26. The van der Waals surface area contributed by atoms with Gasteiger partial charge in [0.15, 0.2) is 0 Å². The van der Waals surface area contributed by atoms with Gasteiger partial charge < -0.3 is 10.3 Å². The molecular formula is C9H16N2O. The van der Waals surface area contributed by atoms with Crippen LogP contribution in [0.15, 0.2) is 10.6 Å². The maximum Gasteiger partial charge on any atom is 0.142 e. The van der Waals surface area contributed by atoms with Crippen LogP contribution in [0.3, 0.4) is 0 Å². The van der Waals surface area contributed by atoms with Crippen LogP contribution in [-0.2, 0) is 5.41 Å². The second kappa shape index (κ2) is 3.27. The van der Waals surface area contributed by atoms with E-state index in [2.05, 4.69) is 19.0 Å². The van der Waals surface area contributed by atoms with E-state index in [1.807, 2.05) is 13.0 Å². The van der Waals surface area contributed by atoms with Crippen LogP contribution in [0.4, 0.5) is 0 Å². The molecule has 2 N–H and O–H groups in total. The zero-order chi connectivity index (χ0) is 9.19. The zero-order valence-electron chi connectivity index (χ0n) is 7.92. The summed E-state index contributed by atoms with van der Waals surface area (Å²) in [5, 5.41) is 3.85.